The summed E-state index contributed by atoms with van der Waals surface area (Å²) in [6, 6.07) is 8.39. The summed E-state index contributed by atoms with van der Waals surface area (Å²) >= 11 is 0. The van der Waals surface area contributed by atoms with Gasteiger partial charge in [-0.05, 0) is 52.8 Å². The topological polar surface area (TPSA) is 15.3 Å². The first-order valence-corrected chi connectivity index (χ1v) is 7.29. The first-order chi connectivity index (χ1) is 9.09. The quantitative estimate of drug-likeness (QED) is 0.812. The van der Waals surface area contributed by atoms with Crippen molar-refractivity contribution >= 4 is 0 Å². The van der Waals surface area contributed by atoms with E-state index < -0.39 is 0 Å². The van der Waals surface area contributed by atoms with Crippen molar-refractivity contribution in [2.45, 2.75) is 51.2 Å². The number of benzene rings is 1. The van der Waals surface area contributed by atoms with Gasteiger partial charge in [0, 0.05) is 23.7 Å². The van der Waals surface area contributed by atoms with Crippen LogP contribution in [0.3, 0.4) is 0 Å². The van der Waals surface area contributed by atoms with Gasteiger partial charge < -0.3 is 5.32 Å². The van der Waals surface area contributed by atoms with Gasteiger partial charge in [-0.2, -0.15) is 0 Å². The normalized spacial score (nSPS) is 18.6. The van der Waals surface area contributed by atoms with Crippen LogP contribution in [-0.2, 0) is 0 Å². The summed E-state index contributed by atoms with van der Waals surface area (Å²) in [6.07, 6.45) is 3.76. The molecule has 1 aromatic rings. The van der Waals surface area contributed by atoms with Crippen molar-refractivity contribution in [2.75, 3.05) is 13.6 Å². The molecular formula is C16H25FN2. The molecule has 1 aromatic carbocycles. The van der Waals surface area contributed by atoms with Gasteiger partial charge >= 0.3 is 0 Å². The summed E-state index contributed by atoms with van der Waals surface area (Å²) in [5.74, 6) is -0.106. The van der Waals surface area contributed by atoms with E-state index in [2.05, 4.69) is 31.1 Å². The number of nitrogens with zero attached hydrogens (tertiary/aromatic N) is 1. The molecule has 0 heterocycles. The van der Waals surface area contributed by atoms with E-state index in [-0.39, 0.29) is 11.9 Å². The van der Waals surface area contributed by atoms with E-state index in [1.54, 1.807) is 12.1 Å². The lowest BCUT2D eigenvalue weighted by Gasteiger charge is -2.31. The highest BCUT2D eigenvalue weighted by Gasteiger charge is 2.22. The van der Waals surface area contributed by atoms with Crippen molar-refractivity contribution in [3.05, 3.63) is 35.6 Å². The van der Waals surface area contributed by atoms with Crippen LogP contribution in [0.5, 0.6) is 0 Å². The van der Waals surface area contributed by atoms with Crippen molar-refractivity contribution in [1.29, 1.82) is 0 Å². The van der Waals surface area contributed by atoms with E-state index in [1.165, 1.54) is 12.8 Å². The molecule has 0 amide bonds. The van der Waals surface area contributed by atoms with E-state index in [4.69, 9.17) is 0 Å². The summed E-state index contributed by atoms with van der Waals surface area (Å²) < 4.78 is 13.8. The molecular weight excluding hydrogens is 239 g/mol. The van der Waals surface area contributed by atoms with Crippen LogP contribution in [0.4, 0.5) is 4.39 Å². The van der Waals surface area contributed by atoms with Crippen LogP contribution in [0.2, 0.25) is 0 Å². The Bertz CT molecular complexity index is 403. The molecule has 0 radical (unpaired) electrons. The third-order valence-corrected chi connectivity index (χ3v) is 4.23. The number of nitrogens with one attached hydrogen (secondary N) is 1. The molecule has 2 rings (SSSR count). The van der Waals surface area contributed by atoms with Crippen molar-refractivity contribution in [1.82, 2.24) is 10.2 Å². The maximum Gasteiger partial charge on any atom is 0.127 e. The predicted molar refractivity (Wildman–Crippen MR) is 77.7 cm³/mol. The molecule has 106 valence electrons. The van der Waals surface area contributed by atoms with E-state index >= 15 is 0 Å². The zero-order valence-corrected chi connectivity index (χ0v) is 12.2. The maximum absolute atomic E-state index is 13.8. The highest BCUT2D eigenvalue weighted by Crippen LogP contribution is 2.24. The van der Waals surface area contributed by atoms with Crippen molar-refractivity contribution in [3.8, 4) is 0 Å². The lowest BCUT2D eigenvalue weighted by atomic mass is 10.0. The highest BCUT2D eigenvalue weighted by atomic mass is 19.1. The zero-order chi connectivity index (χ0) is 13.8. The van der Waals surface area contributed by atoms with Crippen LogP contribution in [0.1, 0.15) is 44.7 Å². The fourth-order valence-corrected chi connectivity index (χ4v) is 2.40. The first-order valence-electron chi connectivity index (χ1n) is 7.29. The van der Waals surface area contributed by atoms with Gasteiger partial charge in [0.1, 0.15) is 5.82 Å². The molecule has 2 nitrogen and oxygen atoms in total. The van der Waals surface area contributed by atoms with Gasteiger partial charge in [0.25, 0.3) is 0 Å². The predicted octanol–water partition coefficient (Wildman–Crippen LogP) is 3.35. The Morgan fingerprint density at radius 3 is 2.63 bits per heavy atom. The summed E-state index contributed by atoms with van der Waals surface area (Å²) in [7, 11) is 2.08. The summed E-state index contributed by atoms with van der Waals surface area (Å²) in [6.45, 7) is 5.34. The Morgan fingerprint density at radius 1 is 1.32 bits per heavy atom. The molecule has 1 aliphatic rings. The largest absolute Gasteiger partial charge is 0.314 e. The molecule has 1 fully saturated rings. The van der Waals surface area contributed by atoms with Gasteiger partial charge in [0.05, 0.1) is 0 Å². The summed E-state index contributed by atoms with van der Waals surface area (Å²) in [5.41, 5.74) is 0.784. The Balaban J connectivity index is 1.86. The van der Waals surface area contributed by atoms with Gasteiger partial charge in [-0.25, -0.2) is 4.39 Å². The Labute approximate surface area is 116 Å². The molecule has 1 N–H and O–H groups in total. The molecule has 0 aromatic heterocycles. The van der Waals surface area contributed by atoms with Crippen LogP contribution in [0, 0.1) is 5.82 Å². The molecule has 0 spiro atoms. The SMILES string of the molecule is CC(CCNC1CC1)N(C)C(C)c1ccccc1F. The van der Waals surface area contributed by atoms with Crippen molar-refractivity contribution < 1.29 is 4.39 Å². The number of hydrogen-bond donors (Lipinski definition) is 1. The standard InChI is InChI=1S/C16H25FN2/c1-12(10-11-18-14-8-9-14)19(3)13(2)15-6-4-5-7-16(15)17/h4-7,12-14,18H,8-11H2,1-3H3. The third kappa shape index (κ3) is 4.02. The minimum absolute atomic E-state index is 0.106. The van der Waals surface area contributed by atoms with E-state index in [0.29, 0.717) is 6.04 Å². The second kappa shape index (κ2) is 6.49. The first kappa shape index (κ1) is 14.5. The molecule has 1 saturated carbocycles. The van der Waals surface area contributed by atoms with Crippen molar-refractivity contribution in [3.63, 3.8) is 0 Å². The van der Waals surface area contributed by atoms with Gasteiger partial charge in [-0.15, -0.1) is 0 Å². The van der Waals surface area contributed by atoms with Gasteiger partial charge in [0.15, 0.2) is 0 Å². The smallest absolute Gasteiger partial charge is 0.127 e. The molecule has 19 heavy (non-hydrogen) atoms. The molecule has 3 heteroatoms. The van der Waals surface area contributed by atoms with E-state index in [0.717, 1.165) is 24.6 Å². The van der Waals surface area contributed by atoms with Gasteiger partial charge in [-0.3, -0.25) is 4.90 Å². The zero-order valence-electron chi connectivity index (χ0n) is 12.2. The fourth-order valence-electron chi connectivity index (χ4n) is 2.40. The van der Waals surface area contributed by atoms with Crippen molar-refractivity contribution in [2.24, 2.45) is 0 Å². The van der Waals surface area contributed by atoms with Crippen LogP contribution in [0.25, 0.3) is 0 Å². The third-order valence-electron chi connectivity index (χ3n) is 4.23. The van der Waals surface area contributed by atoms with Gasteiger partial charge in [0.2, 0.25) is 0 Å². The lowest BCUT2D eigenvalue weighted by molar-refractivity contribution is 0.184. The number of hydrogen-bond acceptors (Lipinski definition) is 2. The molecule has 0 bridgehead atoms. The Morgan fingerprint density at radius 2 is 2.00 bits per heavy atom. The molecule has 0 aliphatic heterocycles. The summed E-state index contributed by atoms with van der Waals surface area (Å²) in [4.78, 5) is 2.26. The monoisotopic (exact) mass is 264 g/mol. The van der Waals surface area contributed by atoms with Crippen LogP contribution < -0.4 is 5.32 Å². The second-order valence-electron chi connectivity index (χ2n) is 5.73. The molecule has 1 aliphatic carbocycles. The van der Waals surface area contributed by atoms with E-state index in [1.807, 2.05) is 12.1 Å². The Kier molecular flexibility index (Phi) is 4.94. The highest BCUT2D eigenvalue weighted by molar-refractivity contribution is 5.20. The fraction of sp³-hybridized carbons (Fsp3) is 0.625. The average Bonchev–Trinajstić information content (AvgIpc) is 3.21. The minimum Gasteiger partial charge on any atom is -0.314 e. The second-order valence-corrected chi connectivity index (χ2v) is 5.73. The van der Waals surface area contributed by atoms with Gasteiger partial charge in [-0.1, -0.05) is 18.2 Å². The number of halogens is 1. The lowest BCUT2D eigenvalue weighted by Crippen LogP contribution is -2.34. The minimum atomic E-state index is -0.106. The Hall–Kier alpha value is -0.930. The maximum atomic E-state index is 13.8. The molecule has 2 unspecified atom stereocenters. The number of rotatable bonds is 7. The van der Waals surface area contributed by atoms with Crippen LogP contribution in [-0.4, -0.2) is 30.6 Å². The van der Waals surface area contributed by atoms with Crippen LogP contribution >= 0.6 is 0 Å². The molecule has 0 saturated heterocycles. The average molecular weight is 264 g/mol. The summed E-state index contributed by atoms with van der Waals surface area (Å²) in [5, 5.41) is 3.53. The van der Waals surface area contributed by atoms with Crippen LogP contribution in [0.15, 0.2) is 24.3 Å². The molecule has 2 atom stereocenters. The van der Waals surface area contributed by atoms with E-state index in [9.17, 15) is 4.39 Å².